The third kappa shape index (κ3) is 8.40. The van der Waals surface area contributed by atoms with Gasteiger partial charge in [0.05, 0.1) is 0 Å². The smallest absolute Gasteiger partial charge is 0.150 e. The van der Waals surface area contributed by atoms with Crippen LogP contribution in [0.25, 0.3) is 0 Å². The van der Waals surface area contributed by atoms with E-state index < -0.39 is 0 Å². The predicted molar refractivity (Wildman–Crippen MR) is 114 cm³/mol. The molecule has 0 saturated heterocycles. The number of aryl methyl sites for hydroxylation is 1. The number of benzene rings is 2. The summed E-state index contributed by atoms with van der Waals surface area (Å²) in [5.41, 5.74) is 9.38. The fourth-order valence-electron chi connectivity index (χ4n) is 2.44. The fourth-order valence-corrected chi connectivity index (χ4v) is 2.44. The van der Waals surface area contributed by atoms with Gasteiger partial charge >= 0.3 is 0 Å². The van der Waals surface area contributed by atoms with Crippen molar-refractivity contribution in [3.8, 4) is 5.75 Å². The van der Waals surface area contributed by atoms with E-state index in [1.54, 1.807) is 12.1 Å². The number of phenols is 1. The van der Waals surface area contributed by atoms with Gasteiger partial charge in [0.15, 0.2) is 0 Å². The molecule has 6 heteroatoms. The van der Waals surface area contributed by atoms with E-state index in [9.17, 15) is 9.90 Å². The van der Waals surface area contributed by atoms with Crippen molar-refractivity contribution in [2.75, 3.05) is 43.5 Å². The Bertz CT molecular complexity index is 660. The number of phenolic OH excluding ortho intramolecular Hbond substituents is 1. The van der Waals surface area contributed by atoms with E-state index in [1.807, 2.05) is 37.3 Å². The number of carbonyl (C=O) groups excluding carboxylic acids is 1. The van der Waals surface area contributed by atoms with Crippen molar-refractivity contribution in [3.63, 3.8) is 0 Å². The molecule has 0 heterocycles. The number of rotatable bonds is 8. The maximum atomic E-state index is 10.8. The number of aliphatic hydroxyl groups excluding tert-OH is 1. The van der Waals surface area contributed by atoms with Gasteiger partial charge in [0.2, 0.25) is 0 Å². The average molecular weight is 373 g/mol. The zero-order valence-corrected chi connectivity index (χ0v) is 16.2. The molecule has 0 saturated carbocycles. The van der Waals surface area contributed by atoms with Crippen molar-refractivity contribution in [1.82, 2.24) is 0 Å². The molecule has 0 aromatic heterocycles. The second-order valence-electron chi connectivity index (χ2n) is 5.41. The van der Waals surface area contributed by atoms with E-state index in [0.29, 0.717) is 12.1 Å². The summed E-state index contributed by atoms with van der Waals surface area (Å²) in [7, 11) is 1.00. The number of anilines is 2. The van der Waals surface area contributed by atoms with E-state index >= 15 is 0 Å². The van der Waals surface area contributed by atoms with Crippen molar-refractivity contribution in [3.05, 3.63) is 66.7 Å². The van der Waals surface area contributed by atoms with Crippen LogP contribution in [-0.2, 0) is 0 Å². The number of nitrogens with two attached hydrogens (primary N) is 1. The summed E-state index contributed by atoms with van der Waals surface area (Å²) in [5, 5.41) is 19.7. The van der Waals surface area contributed by atoms with Crippen LogP contribution in [-0.4, -0.2) is 49.8 Å². The van der Waals surface area contributed by atoms with Crippen molar-refractivity contribution in [2.24, 2.45) is 5.73 Å². The summed E-state index contributed by atoms with van der Waals surface area (Å²) in [6.07, 6.45) is 0.868. The summed E-state index contributed by atoms with van der Waals surface area (Å²) >= 11 is 0. The molecule has 0 aliphatic carbocycles. The van der Waals surface area contributed by atoms with Crippen LogP contribution >= 0.6 is 0 Å². The molecule has 2 aromatic carbocycles. The summed E-state index contributed by atoms with van der Waals surface area (Å²) in [4.78, 5) is 13.0. The van der Waals surface area contributed by atoms with E-state index in [4.69, 9.17) is 10.8 Å². The Morgan fingerprint density at radius 2 is 1.74 bits per heavy atom. The number of aliphatic hydroxyl groups is 1. The van der Waals surface area contributed by atoms with Crippen LogP contribution in [0.2, 0.25) is 0 Å². The Hall–Kier alpha value is -2.83. The second-order valence-corrected chi connectivity index (χ2v) is 5.41. The number of hydrogen-bond donors (Lipinski definition) is 4. The minimum Gasteiger partial charge on any atom is -0.508 e. The topological polar surface area (TPSA) is 98.8 Å². The van der Waals surface area contributed by atoms with Gasteiger partial charge in [-0.15, -0.1) is 13.2 Å². The fraction of sp³-hybridized carbons (Fsp3) is 0.286. The molecule has 0 amide bonds. The van der Waals surface area contributed by atoms with Gasteiger partial charge in [-0.05, 0) is 55.0 Å². The van der Waals surface area contributed by atoms with Crippen molar-refractivity contribution in [2.45, 2.75) is 6.92 Å². The van der Waals surface area contributed by atoms with Crippen LogP contribution in [0.5, 0.6) is 5.75 Å². The lowest BCUT2D eigenvalue weighted by Crippen LogP contribution is -2.33. The van der Waals surface area contributed by atoms with Gasteiger partial charge in [0, 0.05) is 50.2 Å². The number of nitrogens with one attached hydrogen (secondary N) is 1. The largest absolute Gasteiger partial charge is 0.508 e. The minimum atomic E-state index is 0.255. The van der Waals surface area contributed by atoms with Gasteiger partial charge in [-0.2, -0.15) is 0 Å². The molecule has 148 valence electrons. The zero-order chi connectivity index (χ0) is 20.7. The lowest BCUT2D eigenvalue weighted by molar-refractivity contribution is 0.112. The molecule has 0 bridgehead atoms. The van der Waals surface area contributed by atoms with Gasteiger partial charge in [-0.1, -0.05) is 0 Å². The molecule has 0 radical (unpaired) electrons. The van der Waals surface area contributed by atoms with Gasteiger partial charge in [-0.25, -0.2) is 0 Å². The lowest BCUT2D eigenvalue weighted by Gasteiger charge is -2.24. The zero-order valence-electron chi connectivity index (χ0n) is 16.2. The van der Waals surface area contributed by atoms with Crippen molar-refractivity contribution >= 4 is 17.7 Å². The Morgan fingerprint density at radius 3 is 2.26 bits per heavy atom. The molecular formula is C21H31N3O3. The second kappa shape index (κ2) is 14.4. The Labute approximate surface area is 161 Å². The first-order valence-electron chi connectivity index (χ1n) is 8.62. The molecule has 0 spiro atoms. The molecule has 5 N–H and O–H groups in total. The molecule has 2 aromatic rings. The third-order valence-electron chi connectivity index (χ3n) is 3.72. The number of carbonyl (C=O) groups is 1. The van der Waals surface area contributed by atoms with E-state index in [2.05, 4.69) is 23.4 Å². The number of aromatic hydroxyl groups is 1. The molecule has 0 fully saturated rings. The van der Waals surface area contributed by atoms with Gasteiger partial charge in [0.25, 0.3) is 0 Å². The van der Waals surface area contributed by atoms with Crippen LogP contribution in [0.1, 0.15) is 15.9 Å². The molecule has 0 aliphatic rings. The number of hydrogen-bond acceptors (Lipinski definition) is 6. The van der Waals surface area contributed by atoms with Gasteiger partial charge < -0.3 is 26.2 Å². The molecule has 0 aliphatic heterocycles. The van der Waals surface area contributed by atoms with Gasteiger partial charge in [0.1, 0.15) is 12.0 Å². The Kier molecular flexibility index (Phi) is 12.8. The molecule has 6 nitrogen and oxygen atoms in total. The summed E-state index contributed by atoms with van der Waals surface area (Å²) in [6, 6.07) is 12.8. The predicted octanol–water partition coefficient (Wildman–Crippen LogP) is 2.80. The third-order valence-corrected chi connectivity index (χ3v) is 3.72. The molecule has 2 rings (SSSR count). The number of nitrogens with zero attached hydrogens (tertiary/aromatic N) is 1. The summed E-state index contributed by atoms with van der Waals surface area (Å²) < 4.78 is 0. The van der Waals surface area contributed by atoms with Crippen molar-refractivity contribution < 1.29 is 15.0 Å². The standard InChI is InChI=1S/C18H23N3O2.C2H4.CH4O/c1-14-12-16(3-2-15(14)13-22)20-9-11-21(10-8-19)17-4-6-18(23)7-5-17;2*1-2/h2-7,12-13,20,23H,8-11,19H2,1H3;1-2H2;2H,1H3. The van der Waals surface area contributed by atoms with Crippen LogP contribution in [0, 0.1) is 6.92 Å². The highest BCUT2D eigenvalue weighted by Crippen LogP contribution is 2.18. The summed E-state index contributed by atoms with van der Waals surface area (Å²) in [5.74, 6) is 0.255. The first kappa shape index (κ1) is 24.2. The molecule has 0 unspecified atom stereocenters. The lowest BCUT2D eigenvalue weighted by atomic mass is 10.1. The highest BCUT2D eigenvalue weighted by molar-refractivity contribution is 5.78. The Balaban J connectivity index is 0.00000158. The maximum absolute atomic E-state index is 10.8. The first-order valence-corrected chi connectivity index (χ1v) is 8.62. The number of aldehydes is 1. The molecule has 0 atom stereocenters. The Morgan fingerprint density at radius 1 is 1.11 bits per heavy atom. The SMILES string of the molecule is C=C.CO.Cc1cc(NCCN(CCN)c2ccc(O)cc2)ccc1C=O. The molecular weight excluding hydrogens is 342 g/mol. The minimum absolute atomic E-state index is 0.255. The van der Waals surface area contributed by atoms with E-state index in [0.717, 1.165) is 50.0 Å². The quantitative estimate of drug-likeness (QED) is 0.419. The van der Waals surface area contributed by atoms with E-state index in [-0.39, 0.29) is 5.75 Å². The van der Waals surface area contributed by atoms with Crippen LogP contribution in [0.15, 0.2) is 55.6 Å². The van der Waals surface area contributed by atoms with Crippen LogP contribution < -0.4 is 16.0 Å². The normalized spacial score (nSPS) is 9.19. The van der Waals surface area contributed by atoms with Crippen LogP contribution in [0.3, 0.4) is 0 Å². The monoisotopic (exact) mass is 373 g/mol. The van der Waals surface area contributed by atoms with Gasteiger partial charge in [-0.3, -0.25) is 4.79 Å². The highest BCUT2D eigenvalue weighted by Gasteiger charge is 2.06. The van der Waals surface area contributed by atoms with E-state index in [1.165, 1.54) is 0 Å². The van der Waals surface area contributed by atoms with Crippen LogP contribution in [0.4, 0.5) is 11.4 Å². The summed E-state index contributed by atoms with van der Waals surface area (Å²) in [6.45, 7) is 10.8. The highest BCUT2D eigenvalue weighted by atomic mass is 16.3. The van der Waals surface area contributed by atoms with Crippen molar-refractivity contribution in [1.29, 1.82) is 0 Å². The molecule has 27 heavy (non-hydrogen) atoms. The first-order chi connectivity index (χ1) is 13.1. The average Bonchev–Trinajstić information content (AvgIpc) is 2.71. The maximum Gasteiger partial charge on any atom is 0.150 e.